The van der Waals surface area contributed by atoms with Crippen molar-refractivity contribution in [3.05, 3.63) is 24.3 Å². The molecule has 0 saturated heterocycles. The van der Waals surface area contributed by atoms with Crippen molar-refractivity contribution in [1.82, 2.24) is 0 Å². The summed E-state index contributed by atoms with van der Waals surface area (Å²) in [5.74, 6) is 0.309. The van der Waals surface area contributed by atoms with E-state index in [2.05, 4.69) is 22.7 Å². The first-order valence-electron chi connectivity index (χ1n) is 4.89. The number of anilines is 2. The molecule has 0 spiro atoms. The number of hydrogen-bond acceptors (Lipinski definition) is 4. The molecular weight excluding hydrogens is 260 g/mol. The predicted molar refractivity (Wildman–Crippen MR) is 72.0 cm³/mol. The molecule has 94 valence electrons. The smallest absolute Gasteiger partial charge is 0.229 e. The fraction of sp³-hybridized carbons (Fsp3) is 0.300. The Morgan fingerprint density at radius 1 is 1.35 bits per heavy atom. The molecule has 5 nitrogen and oxygen atoms in total. The van der Waals surface area contributed by atoms with Crippen molar-refractivity contribution in [2.24, 2.45) is 0 Å². The van der Waals surface area contributed by atoms with Crippen LogP contribution in [0, 0.1) is 0 Å². The number of hydrogen-bond donors (Lipinski definition) is 3. The molecule has 2 N–H and O–H groups in total. The molecule has 1 rings (SSSR count). The molecule has 0 radical (unpaired) electrons. The van der Waals surface area contributed by atoms with Crippen LogP contribution in [-0.2, 0) is 14.8 Å². The Morgan fingerprint density at radius 3 is 2.59 bits per heavy atom. The van der Waals surface area contributed by atoms with Gasteiger partial charge in [0.1, 0.15) is 0 Å². The molecular formula is C10H14N2O3S2. The number of carbonyl (C=O) groups excluding carboxylic acids is 1. The van der Waals surface area contributed by atoms with Crippen molar-refractivity contribution in [2.75, 3.05) is 22.0 Å². The summed E-state index contributed by atoms with van der Waals surface area (Å²) < 4.78 is 24.4. The molecule has 0 bridgehead atoms. The summed E-state index contributed by atoms with van der Waals surface area (Å²) in [6, 6.07) is 6.50. The highest BCUT2D eigenvalue weighted by Crippen LogP contribution is 2.16. The van der Waals surface area contributed by atoms with Crippen LogP contribution in [0.2, 0.25) is 0 Å². The second-order valence-electron chi connectivity index (χ2n) is 3.48. The van der Waals surface area contributed by atoms with Crippen molar-refractivity contribution in [3.63, 3.8) is 0 Å². The SMILES string of the molecule is CS(=O)(=O)Nc1cccc(NC(=O)CCS)c1. The molecule has 0 atom stereocenters. The van der Waals surface area contributed by atoms with Crippen molar-refractivity contribution < 1.29 is 13.2 Å². The molecule has 0 unspecified atom stereocenters. The first-order valence-corrected chi connectivity index (χ1v) is 7.41. The molecule has 7 heteroatoms. The van der Waals surface area contributed by atoms with Gasteiger partial charge in [0.2, 0.25) is 15.9 Å². The van der Waals surface area contributed by atoms with Crippen molar-refractivity contribution in [1.29, 1.82) is 0 Å². The second-order valence-corrected chi connectivity index (χ2v) is 5.67. The van der Waals surface area contributed by atoms with Crippen LogP contribution in [0.25, 0.3) is 0 Å². The minimum atomic E-state index is -3.31. The lowest BCUT2D eigenvalue weighted by Gasteiger charge is -2.07. The Hall–Kier alpha value is -1.21. The highest BCUT2D eigenvalue weighted by atomic mass is 32.2. The van der Waals surface area contributed by atoms with E-state index in [0.29, 0.717) is 23.5 Å². The van der Waals surface area contributed by atoms with Gasteiger partial charge in [-0.1, -0.05) is 6.07 Å². The Labute approximate surface area is 106 Å². The maximum absolute atomic E-state index is 11.3. The third kappa shape index (κ3) is 5.60. The Morgan fingerprint density at radius 2 is 2.00 bits per heavy atom. The molecule has 1 aromatic carbocycles. The van der Waals surface area contributed by atoms with Crippen LogP contribution in [-0.4, -0.2) is 26.3 Å². The van der Waals surface area contributed by atoms with E-state index in [9.17, 15) is 13.2 Å². The van der Waals surface area contributed by atoms with Crippen molar-refractivity contribution in [2.45, 2.75) is 6.42 Å². The second kappa shape index (κ2) is 5.92. The van der Waals surface area contributed by atoms with Gasteiger partial charge in [-0.25, -0.2) is 8.42 Å². The van der Waals surface area contributed by atoms with Gasteiger partial charge in [-0.3, -0.25) is 9.52 Å². The molecule has 0 saturated carbocycles. The van der Waals surface area contributed by atoms with Crippen molar-refractivity contribution in [3.8, 4) is 0 Å². The van der Waals surface area contributed by atoms with Gasteiger partial charge in [0.05, 0.1) is 11.9 Å². The first kappa shape index (κ1) is 13.9. The van der Waals surface area contributed by atoms with Gasteiger partial charge in [0.15, 0.2) is 0 Å². The zero-order valence-corrected chi connectivity index (χ0v) is 11.0. The number of nitrogens with one attached hydrogen (secondary N) is 2. The summed E-state index contributed by atoms with van der Waals surface area (Å²) >= 11 is 3.95. The average Bonchev–Trinajstić information content (AvgIpc) is 2.15. The van der Waals surface area contributed by atoms with Gasteiger partial charge in [0.25, 0.3) is 0 Å². The zero-order chi connectivity index (χ0) is 12.9. The number of amides is 1. The lowest BCUT2D eigenvalue weighted by Crippen LogP contribution is -2.13. The standard InChI is InChI=1S/C10H14N2O3S2/c1-17(14,15)12-9-4-2-3-8(7-9)11-10(13)5-6-16/h2-4,7,12,16H,5-6H2,1H3,(H,11,13). The maximum Gasteiger partial charge on any atom is 0.229 e. The molecule has 0 aliphatic carbocycles. The number of thiol groups is 1. The van der Waals surface area contributed by atoms with Crippen LogP contribution < -0.4 is 10.0 Å². The fourth-order valence-corrected chi connectivity index (χ4v) is 1.96. The summed E-state index contributed by atoms with van der Waals surface area (Å²) in [7, 11) is -3.31. The highest BCUT2D eigenvalue weighted by molar-refractivity contribution is 7.92. The van der Waals surface area contributed by atoms with E-state index in [0.717, 1.165) is 6.26 Å². The molecule has 1 aromatic rings. The Balaban J connectivity index is 2.76. The van der Waals surface area contributed by atoms with E-state index in [4.69, 9.17) is 0 Å². The summed E-state index contributed by atoms with van der Waals surface area (Å²) in [6.07, 6.45) is 1.38. The van der Waals surface area contributed by atoms with Crippen molar-refractivity contribution >= 4 is 39.9 Å². The Bertz CT molecular complexity index is 500. The number of benzene rings is 1. The minimum Gasteiger partial charge on any atom is -0.326 e. The molecule has 0 aliphatic rings. The largest absolute Gasteiger partial charge is 0.326 e. The van der Waals surface area contributed by atoms with Gasteiger partial charge in [-0.2, -0.15) is 12.6 Å². The normalized spacial score (nSPS) is 10.9. The average molecular weight is 274 g/mol. The predicted octanol–water partition coefficient (Wildman–Crippen LogP) is 1.32. The summed E-state index contributed by atoms with van der Waals surface area (Å²) in [5, 5.41) is 2.65. The van der Waals surface area contributed by atoms with E-state index in [-0.39, 0.29) is 5.91 Å². The van der Waals surface area contributed by atoms with Crippen LogP contribution in [0.5, 0.6) is 0 Å². The van der Waals surface area contributed by atoms with E-state index in [1.54, 1.807) is 24.3 Å². The lowest BCUT2D eigenvalue weighted by molar-refractivity contribution is -0.115. The van der Waals surface area contributed by atoms with Crippen LogP contribution in [0.15, 0.2) is 24.3 Å². The summed E-state index contributed by atoms with van der Waals surface area (Å²) in [4.78, 5) is 11.3. The van der Waals surface area contributed by atoms with Gasteiger partial charge < -0.3 is 5.32 Å². The van der Waals surface area contributed by atoms with Crippen LogP contribution >= 0.6 is 12.6 Å². The van der Waals surface area contributed by atoms with Crippen LogP contribution in [0.1, 0.15) is 6.42 Å². The van der Waals surface area contributed by atoms with E-state index in [1.807, 2.05) is 0 Å². The van der Waals surface area contributed by atoms with Crippen LogP contribution in [0.4, 0.5) is 11.4 Å². The van der Waals surface area contributed by atoms with E-state index in [1.165, 1.54) is 0 Å². The maximum atomic E-state index is 11.3. The number of carbonyl (C=O) groups is 1. The monoisotopic (exact) mass is 274 g/mol. The van der Waals surface area contributed by atoms with E-state index >= 15 is 0 Å². The molecule has 0 heterocycles. The molecule has 0 fully saturated rings. The number of sulfonamides is 1. The van der Waals surface area contributed by atoms with Gasteiger partial charge >= 0.3 is 0 Å². The lowest BCUT2D eigenvalue weighted by atomic mass is 10.3. The fourth-order valence-electron chi connectivity index (χ4n) is 1.20. The minimum absolute atomic E-state index is 0.156. The highest BCUT2D eigenvalue weighted by Gasteiger charge is 2.04. The van der Waals surface area contributed by atoms with Crippen LogP contribution in [0.3, 0.4) is 0 Å². The van der Waals surface area contributed by atoms with Gasteiger partial charge in [0, 0.05) is 12.1 Å². The molecule has 0 aromatic heterocycles. The van der Waals surface area contributed by atoms with Gasteiger partial charge in [-0.05, 0) is 24.0 Å². The summed E-state index contributed by atoms with van der Waals surface area (Å²) in [5.41, 5.74) is 0.960. The molecule has 1 amide bonds. The molecule has 17 heavy (non-hydrogen) atoms. The summed E-state index contributed by atoms with van der Waals surface area (Å²) in [6.45, 7) is 0. The quantitative estimate of drug-likeness (QED) is 0.709. The Kier molecular flexibility index (Phi) is 4.83. The first-order chi connectivity index (χ1) is 7.90. The topological polar surface area (TPSA) is 75.3 Å². The third-order valence-electron chi connectivity index (χ3n) is 1.79. The zero-order valence-electron chi connectivity index (χ0n) is 9.30. The van der Waals surface area contributed by atoms with Gasteiger partial charge in [-0.15, -0.1) is 0 Å². The van der Waals surface area contributed by atoms with E-state index < -0.39 is 10.0 Å². The molecule has 0 aliphatic heterocycles. The number of rotatable bonds is 5. The third-order valence-corrected chi connectivity index (χ3v) is 2.62.